The van der Waals surface area contributed by atoms with E-state index < -0.39 is 0 Å². The fourth-order valence-corrected chi connectivity index (χ4v) is 2.17. The van der Waals surface area contributed by atoms with Gasteiger partial charge >= 0.3 is 0 Å². The zero-order chi connectivity index (χ0) is 12.3. The molecule has 17 heavy (non-hydrogen) atoms. The SMILES string of the molecule is COc1cc(-c2ccns2)cc(OC)c1OC. The molecule has 0 N–H and O–H groups in total. The normalized spacial score (nSPS) is 10.1. The summed E-state index contributed by atoms with van der Waals surface area (Å²) in [6, 6.07) is 5.77. The molecule has 0 bridgehead atoms. The Morgan fingerprint density at radius 2 is 1.65 bits per heavy atom. The fourth-order valence-electron chi connectivity index (χ4n) is 1.59. The summed E-state index contributed by atoms with van der Waals surface area (Å²) in [5.41, 5.74) is 1.00. The maximum Gasteiger partial charge on any atom is 0.203 e. The van der Waals surface area contributed by atoms with E-state index in [-0.39, 0.29) is 0 Å². The molecule has 4 nitrogen and oxygen atoms in total. The second-order valence-electron chi connectivity index (χ2n) is 3.29. The van der Waals surface area contributed by atoms with E-state index in [0.29, 0.717) is 17.2 Å². The first kappa shape index (κ1) is 11.7. The van der Waals surface area contributed by atoms with Crippen LogP contribution in [0.5, 0.6) is 17.2 Å². The number of methoxy groups -OCH3 is 3. The molecule has 0 spiro atoms. The Hall–Kier alpha value is -1.75. The highest BCUT2D eigenvalue weighted by atomic mass is 32.1. The molecule has 0 amide bonds. The molecule has 1 aromatic heterocycles. The molecule has 0 unspecified atom stereocenters. The number of aromatic nitrogens is 1. The second kappa shape index (κ2) is 5.05. The van der Waals surface area contributed by atoms with Crippen molar-refractivity contribution in [2.45, 2.75) is 0 Å². The Morgan fingerprint density at radius 3 is 2.06 bits per heavy atom. The molecule has 0 aliphatic rings. The molecule has 0 saturated carbocycles. The standard InChI is InChI=1S/C12H13NO3S/c1-14-9-6-8(11-4-5-13-17-11)7-10(15-2)12(9)16-3/h4-7H,1-3H3. The molecule has 0 aliphatic carbocycles. The molecule has 0 saturated heterocycles. The highest BCUT2D eigenvalue weighted by molar-refractivity contribution is 7.09. The van der Waals surface area contributed by atoms with Gasteiger partial charge < -0.3 is 14.2 Å². The summed E-state index contributed by atoms with van der Waals surface area (Å²) in [6.07, 6.45) is 1.77. The van der Waals surface area contributed by atoms with Crippen LogP contribution in [-0.4, -0.2) is 25.7 Å². The highest BCUT2D eigenvalue weighted by Crippen LogP contribution is 2.41. The van der Waals surface area contributed by atoms with Crippen LogP contribution < -0.4 is 14.2 Å². The molecular formula is C12H13NO3S. The molecule has 90 valence electrons. The largest absolute Gasteiger partial charge is 0.493 e. The third kappa shape index (κ3) is 2.19. The summed E-state index contributed by atoms with van der Waals surface area (Å²) in [7, 11) is 4.80. The lowest BCUT2D eigenvalue weighted by atomic mass is 10.1. The van der Waals surface area contributed by atoms with Gasteiger partial charge in [-0.25, -0.2) is 4.37 Å². The van der Waals surface area contributed by atoms with Crippen LogP contribution in [0.2, 0.25) is 0 Å². The van der Waals surface area contributed by atoms with Gasteiger partial charge in [-0.1, -0.05) is 0 Å². The van der Waals surface area contributed by atoms with Gasteiger partial charge in [0.1, 0.15) is 0 Å². The Kier molecular flexibility index (Phi) is 3.49. The third-order valence-corrected chi connectivity index (χ3v) is 3.18. The highest BCUT2D eigenvalue weighted by Gasteiger charge is 2.14. The first-order valence-corrected chi connectivity index (χ1v) is 5.78. The number of rotatable bonds is 4. The predicted octanol–water partition coefficient (Wildman–Crippen LogP) is 2.84. The van der Waals surface area contributed by atoms with Gasteiger partial charge in [-0.2, -0.15) is 0 Å². The molecule has 1 aromatic carbocycles. The van der Waals surface area contributed by atoms with Crippen LogP contribution >= 0.6 is 11.5 Å². The van der Waals surface area contributed by atoms with Crippen LogP contribution in [0.3, 0.4) is 0 Å². The van der Waals surface area contributed by atoms with E-state index in [1.54, 1.807) is 27.5 Å². The molecule has 1 heterocycles. The second-order valence-corrected chi connectivity index (χ2v) is 4.12. The summed E-state index contributed by atoms with van der Waals surface area (Å²) in [5.74, 6) is 1.90. The number of hydrogen-bond acceptors (Lipinski definition) is 5. The van der Waals surface area contributed by atoms with Gasteiger partial charge in [0.15, 0.2) is 11.5 Å². The van der Waals surface area contributed by atoms with Crippen molar-refractivity contribution in [3.8, 4) is 27.7 Å². The Morgan fingerprint density at radius 1 is 1.00 bits per heavy atom. The molecule has 2 aromatic rings. The molecule has 2 rings (SSSR count). The summed E-state index contributed by atoms with van der Waals surface area (Å²) in [6.45, 7) is 0. The minimum atomic E-state index is 0.600. The van der Waals surface area contributed by atoms with Crippen LogP contribution in [0, 0.1) is 0 Å². The van der Waals surface area contributed by atoms with Crippen LogP contribution in [0.4, 0.5) is 0 Å². The average molecular weight is 251 g/mol. The Balaban J connectivity index is 2.56. The fraction of sp³-hybridized carbons (Fsp3) is 0.250. The molecular weight excluding hydrogens is 238 g/mol. The van der Waals surface area contributed by atoms with E-state index in [1.807, 2.05) is 18.2 Å². The lowest BCUT2D eigenvalue weighted by Crippen LogP contribution is -1.95. The summed E-state index contributed by atoms with van der Waals surface area (Å²) < 4.78 is 19.9. The van der Waals surface area contributed by atoms with E-state index in [9.17, 15) is 0 Å². The van der Waals surface area contributed by atoms with Crippen LogP contribution in [0.25, 0.3) is 10.4 Å². The zero-order valence-electron chi connectivity index (χ0n) is 9.89. The van der Waals surface area contributed by atoms with Crippen molar-refractivity contribution < 1.29 is 14.2 Å². The van der Waals surface area contributed by atoms with Crippen molar-refractivity contribution in [2.24, 2.45) is 0 Å². The summed E-state index contributed by atoms with van der Waals surface area (Å²) >= 11 is 1.43. The summed E-state index contributed by atoms with van der Waals surface area (Å²) in [5, 5.41) is 0. The van der Waals surface area contributed by atoms with Gasteiger partial charge in [-0.15, -0.1) is 0 Å². The van der Waals surface area contributed by atoms with E-state index in [2.05, 4.69) is 4.37 Å². The van der Waals surface area contributed by atoms with Crippen molar-refractivity contribution in [3.63, 3.8) is 0 Å². The maximum atomic E-state index is 5.30. The molecule has 0 fully saturated rings. The van der Waals surface area contributed by atoms with E-state index >= 15 is 0 Å². The predicted molar refractivity (Wildman–Crippen MR) is 67.2 cm³/mol. The minimum absolute atomic E-state index is 0.600. The summed E-state index contributed by atoms with van der Waals surface area (Å²) in [4.78, 5) is 1.06. The van der Waals surface area contributed by atoms with Crippen molar-refractivity contribution in [2.75, 3.05) is 21.3 Å². The molecule has 0 radical (unpaired) electrons. The average Bonchev–Trinajstić information content (AvgIpc) is 2.90. The molecule has 0 atom stereocenters. The van der Waals surface area contributed by atoms with Crippen molar-refractivity contribution in [3.05, 3.63) is 24.4 Å². The smallest absolute Gasteiger partial charge is 0.203 e. The minimum Gasteiger partial charge on any atom is -0.493 e. The van der Waals surface area contributed by atoms with Gasteiger partial charge in [-0.05, 0) is 29.7 Å². The third-order valence-electron chi connectivity index (χ3n) is 2.39. The van der Waals surface area contributed by atoms with Crippen molar-refractivity contribution in [1.82, 2.24) is 4.37 Å². The monoisotopic (exact) mass is 251 g/mol. The van der Waals surface area contributed by atoms with E-state index in [0.717, 1.165) is 10.4 Å². The van der Waals surface area contributed by atoms with Crippen LogP contribution in [0.1, 0.15) is 0 Å². The van der Waals surface area contributed by atoms with Gasteiger partial charge in [0.05, 0.1) is 26.2 Å². The Labute approximate surface area is 104 Å². The topological polar surface area (TPSA) is 40.6 Å². The Bertz CT molecular complexity index is 471. The van der Waals surface area contributed by atoms with Gasteiger partial charge in [0.2, 0.25) is 5.75 Å². The lowest BCUT2D eigenvalue weighted by molar-refractivity contribution is 0.324. The van der Waals surface area contributed by atoms with E-state index in [1.165, 1.54) is 11.5 Å². The maximum absolute atomic E-state index is 5.30. The molecule has 0 aliphatic heterocycles. The first-order chi connectivity index (χ1) is 8.30. The van der Waals surface area contributed by atoms with Gasteiger partial charge in [-0.3, -0.25) is 0 Å². The van der Waals surface area contributed by atoms with Gasteiger partial charge in [0, 0.05) is 11.8 Å². The van der Waals surface area contributed by atoms with Crippen LogP contribution in [-0.2, 0) is 0 Å². The number of hydrogen-bond donors (Lipinski definition) is 0. The van der Waals surface area contributed by atoms with Crippen LogP contribution in [0.15, 0.2) is 24.4 Å². The molecule has 5 heteroatoms. The zero-order valence-corrected chi connectivity index (χ0v) is 10.7. The number of nitrogens with zero attached hydrogens (tertiary/aromatic N) is 1. The van der Waals surface area contributed by atoms with Crippen molar-refractivity contribution >= 4 is 11.5 Å². The number of benzene rings is 1. The quantitative estimate of drug-likeness (QED) is 0.837. The lowest BCUT2D eigenvalue weighted by Gasteiger charge is -2.13. The van der Waals surface area contributed by atoms with Gasteiger partial charge in [0.25, 0.3) is 0 Å². The number of ether oxygens (including phenoxy) is 3. The first-order valence-electron chi connectivity index (χ1n) is 5.01. The van der Waals surface area contributed by atoms with E-state index in [4.69, 9.17) is 14.2 Å². The van der Waals surface area contributed by atoms with Crippen molar-refractivity contribution in [1.29, 1.82) is 0 Å².